The third-order valence-electron chi connectivity index (χ3n) is 7.37. The molecule has 5 heterocycles. The van der Waals surface area contributed by atoms with Gasteiger partial charge in [-0.2, -0.15) is 23.4 Å². The Labute approximate surface area is 225 Å². The fourth-order valence-corrected chi connectivity index (χ4v) is 5.61. The van der Waals surface area contributed by atoms with E-state index in [1.54, 1.807) is 10.7 Å². The zero-order valence-electron chi connectivity index (χ0n) is 22.9. The van der Waals surface area contributed by atoms with Crippen molar-refractivity contribution in [3.63, 3.8) is 0 Å². The first-order valence-electron chi connectivity index (χ1n) is 13.4. The van der Waals surface area contributed by atoms with Gasteiger partial charge in [-0.1, -0.05) is 13.8 Å². The average molecular weight is 551 g/mol. The second-order valence-corrected chi connectivity index (χ2v) is 11.8. The Balaban J connectivity index is 1.22. The summed E-state index contributed by atoms with van der Waals surface area (Å²) in [7, 11) is 0. The molecule has 2 bridgehead atoms. The maximum absolute atomic E-state index is 13.1. The Morgan fingerprint density at radius 2 is 1.77 bits per heavy atom. The molecule has 2 aromatic heterocycles. The summed E-state index contributed by atoms with van der Waals surface area (Å²) in [5.74, 6) is 0.439. The van der Waals surface area contributed by atoms with Crippen LogP contribution in [0.5, 0.6) is 5.88 Å². The first-order chi connectivity index (χ1) is 18.4. The lowest BCUT2D eigenvalue weighted by molar-refractivity contribution is -0.0527. The molecule has 39 heavy (non-hydrogen) atoms. The monoisotopic (exact) mass is 550 g/mol. The number of nitrogens with zero attached hydrogens (tertiary/aromatic N) is 5. The Morgan fingerprint density at radius 3 is 2.36 bits per heavy atom. The molecule has 2 amide bonds. The highest BCUT2D eigenvalue weighted by molar-refractivity contribution is 5.71. The molecule has 0 radical (unpaired) electrons. The molecule has 0 spiro atoms. The van der Waals surface area contributed by atoms with Crippen LogP contribution in [0, 0.1) is 0 Å². The molecule has 0 aliphatic carbocycles. The van der Waals surface area contributed by atoms with E-state index in [0.29, 0.717) is 37.4 Å². The summed E-state index contributed by atoms with van der Waals surface area (Å²) in [5, 5.41) is 7.88. The van der Waals surface area contributed by atoms with Crippen LogP contribution in [0.1, 0.15) is 71.8 Å². The van der Waals surface area contributed by atoms with Crippen molar-refractivity contribution in [2.45, 2.75) is 103 Å². The number of anilines is 1. The first-order valence-corrected chi connectivity index (χ1v) is 13.4. The fourth-order valence-electron chi connectivity index (χ4n) is 5.61. The summed E-state index contributed by atoms with van der Waals surface area (Å²) in [6.45, 7) is 7.03. The maximum Gasteiger partial charge on any atom is 0.410 e. The van der Waals surface area contributed by atoms with E-state index in [2.05, 4.69) is 20.1 Å². The van der Waals surface area contributed by atoms with E-state index in [9.17, 15) is 18.4 Å². The van der Waals surface area contributed by atoms with Crippen molar-refractivity contribution < 1.29 is 32.6 Å². The number of nitrogens with one attached hydrogen (secondary N) is 1. The summed E-state index contributed by atoms with van der Waals surface area (Å²) in [4.78, 5) is 32.8. The molecule has 2 atom stereocenters. The highest BCUT2D eigenvalue weighted by Crippen LogP contribution is 2.38. The van der Waals surface area contributed by atoms with E-state index in [-0.39, 0.29) is 42.1 Å². The molecule has 13 heteroatoms. The predicted octanol–water partition coefficient (Wildman–Crippen LogP) is 4.62. The Hall–Kier alpha value is -3.38. The summed E-state index contributed by atoms with van der Waals surface area (Å²) in [5.41, 5.74) is 0.719. The van der Waals surface area contributed by atoms with Crippen molar-refractivity contribution in [3.8, 4) is 5.88 Å². The van der Waals surface area contributed by atoms with Crippen LogP contribution in [0.3, 0.4) is 0 Å². The van der Waals surface area contributed by atoms with Crippen molar-refractivity contribution in [1.29, 1.82) is 0 Å². The third-order valence-corrected chi connectivity index (χ3v) is 7.37. The number of rotatable bonds is 6. The molecule has 3 saturated heterocycles. The molecule has 0 saturated carbocycles. The minimum absolute atomic E-state index is 0.00499. The summed E-state index contributed by atoms with van der Waals surface area (Å²) in [6.07, 6.45) is 3.63. The van der Waals surface area contributed by atoms with Gasteiger partial charge in [0, 0.05) is 29.8 Å². The number of fused-ring (bicyclic) bond motifs is 3. The quantitative estimate of drug-likeness (QED) is 0.555. The van der Waals surface area contributed by atoms with Crippen molar-refractivity contribution in [2.75, 3.05) is 18.4 Å². The van der Waals surface area contributed by atoms with Gasteiger partial charge in [0.25, 0.3) is 0 Å². The molecule has 3 aliphatic heterocycles. The van der Waals surface area contributed by atoms with Gasteiger partial charge in [0.05, 0.1) is 19.3 Å². The molecule has 3 fully saturated rings. The smallest absolute Gasteiger partial charge is 0.410 e. The normalized spacial score (nSPS) is 23.4. The van der Waals surface area contributed by atoms with Gasteiger partial charge < -0.3 is 29.3 Å². The van der Waals surface area contributed by atoms with Gasteiger partial charge >= 0.3 is 18.8 Å². The standard InChI is InChI=1S/C26H36F2N6O5/c1-14(2)19-11-29-34-20(10-21(31-22(19)34)38-23(27)28)30-15-8-16-6-7-17(9-15)33(16)25(36)37-18-12-32(13-18)24(35)39-26(3,4)5/h10-11,14-18,23,30H,6-9,12-13H2,1-5H3. The van der Waals surface area contributed by atoms with Crippen LogP contribution in [0.4, 0.5) is 24.2 Å². The number of hydrogen-bond acceptors (Lipinski definition) is 8. The molecule has 2 aromatic rings. The highest BCUT2D eigenvalue weighted by atomic mass is 19.3. The van der Waals surface area contributed by atoms with Crippen LogP contribution in [0.15, 0.2) is 12.3 Å². The lowest BCUT2D eigenvalue weighted by Gasteiger charge is -2.42. The molecular formula is C26H36F2N6O5. The number of halogens is 2. The van der Waals surface area contributed by atoms with E-state index in [1.807, 2.05) is 39.5 Å². The van der Waals surface area contributed by atoms with Crippen LogP contribution < -0.4 is 10.1 Å². The molecule has 11 nitrogen and oxygen atoms in total. The number of aromatic nitrogens is 3. The van der Waals surface area contributed by atoms with Gasteiger partial charge in [-0.05, 0) is 52.4 Å². The van der Waals surface area contributed by atoms with Crippen LogP contribution in [0.2, 0.25) is 0 Å². The highest BCUT2D eigenvalue weighted by Gasteiger charge is 2.46. The number of likely N-dealkylation sites (tertiary alicyclic amines) is 1. The third kappa shape index (κ3) is 5.81. The van der Waals surface area contributed by atoms with Gasteiger partial charge in [0.1, 0.15) is 17.5 Å². The molecule has 0 aromatic carbocycles. The first kappa shape index (κ1) is 27.2. The number of ether oxygens (including phenoxy) is 3. The molecule has 3 aliphatic rings. The van der Waals surface area contributed by atoms with E-state index in [4.69, 9.17) is 9.47 Å². The molecule has 214 valence electrons. The lowest BCUT2D eigenvalue weighted by Crippen LogP contribution is -2.58. The largest absolute Gasteiger partial charge is 0.444 e. The van der Waals surface area contributed by atoms with Crippen molar-refractivity contribution in [1.82, 2.24) is 24.4 Å². The molecule has 2 unspecified atom stereocenters. The number of hydrogen-bond donors (Lipinski definition) is 1. The lowest BCUT2D eigenvalue weighted by atomic mass is 9.97. The predicted molar refractivity (Wildman–Crippen MR) is 137 cm³/mol. The zero-order valence-corrected chi connectivity index (χ0v) is 22.9. The number of amides is 2. The number of alkyl halides is 2. The minimum atomic E-state index is -2.99. The average Bonchev–Trinajstić information content (AvgIpc) is 3.33. The van der Waals surface area contributed by atoms with Crippen LogP contribution in [-0.2, 0) is 9.47 Å². The van der Waals surface area contributed by atoms with Crippen molar-refractivity contribution >= 4 is 23.7 Å². The second-order valence-electron chi connectivity index (χ2n) is 11.8. The Morgan fingerprint density at radius 1 is 1.10 bits per heavy atom. The van der Waals surface area contributed by atoms with Gasteiger partial charge in [0.15, 0.2) is 5.65 Å². The summed E-state index contributed by atoms with van der Waals surface area (Å²) >= 11 is 0. The Bertz CT molecular complexity index is 1210. The van der Waals surface area contributed by atoms with Gasteiger partial charge in [-0.15, -0.1) is 0 Å². The van der Waals surface area contributed by atoms with Crippen molar-refractivity contribution in [3.05, 3.63) is 17.8 Å². The van der Waals surface area contributed by atoms with Crippen LogP contribution in [0.25, 0.3) is 5.65 Å². The maximum atomic E-state index is 13.1. The van der Waals surface area contributed by atoms with Gasteiger partial charge in [-0.25, -0.2) is 9.59 Å². The number of carbonyl (C=O) groups is 2. The topological polar surface area (TPSA) is 111 Å². The second kappa shape index (κ2) is 10.3. The number of carbonyl (C=O) groups excluding carboxylic acids is 2. The SMILES string of the molecule is CC(C)c1cnn2c(NC3CC4CCC(C3)N4C(=O)OC3CN(C(=O)OC(C)(C)C)C3)cc(OC(F)F)nc12. The number of piperidine rings is 1. The van der Waals surface area contributed by atoms with Crippen molar-refractivity contribution in [2.24, 2.45) is 0 Å². The van der Waals surface area contributed by atoms with Gasteiger partial charge in [0.2, 0.25) is 5.88 Å². The van der Waals surface area contributed by atoms with Gasteiger partial charge in [-0.3, -0.25) is 0 Å². The summed E-state index contributed by atoms with van der Waals surface area (Å²) < 4.78 is 43.3. The Kier molecular flexibility index (Phi) is 7.19. The van der Waals surface area contributed by atoms with E-state index < -0.39 is 18.3 Å². The zero-order chi connectivity index (χ0) is 28.1. The molecule has 1 N–H and O–H groups in total. The molecule has 5 rings (SSSR count). The molecular weight excluding hydrogens is 514 g/mol. The van der Waals surface area contributed by atoms with E-state index in [0.717, 1.165) is 18.4 Å². The minimum Gasteiger partial charge on any atom is -0.444 e. The van der Waals surface area contributed by atoms with E-state index in [1.165, 1.54) is 11.0 Å². The van der Waals surface area contributed by atoms with Crippen LogP contribution >= 0.6 is 0 Å². The van der Waals surface area contributed by atoms with E-state index >= 15 is 0 Å². The summed E-state index contributed by atoms with van der Waals surface area (Å²) in [6, 6.07) is 1.42. The fraction of sp³-hybridized carbons (Fsp3) is 0.692. The van der Waals surface area contributed by atoms with Crippen LogP contribution in [-0.4, -0.2) is 86.1 Å².